The van der Waals surface area contributed by atoms with Gasteiger partial charge in [0, 0.05) is 30.7 Å². The molecule has 4 rings (SSSR count). The van der Waals surface area contributed by atoms with Crippen LogP contribution in [0.5, 0.6) is 0 Å². The number of nitrogens with two attached hydrogens (primary N) is 1. The highest BCUT2D eigenvalue weighted by Crippen LogP contribution is 2.34. The number of carboxylic acid groups (broad SMARTS) is 1. The van der Waals surface area contributed by atoms with Crippen molar-refractivity contribution in [2.75, 3.05) is 0 Å². The van der Waals surface area contributed by atoms with Crippen LogP contribution >= 0.6 is 11.6 Å². The molecule has 0 spiro atoms. The number of halogens is 1. The van der Waals surface area contributed by atoms with Gasteiger partial charge in [0.05, 0.1) is 16.1 Å². The Balaban J connectivity index is 1.78. The summed E-state index contributed by atoms with van der Waals surface area (Å²) in [5.74, 6) is 1.25. The van der Waals surface area contributed by atoms with E-state index in [4.69, 9.17) is 22.4 Å². The van der Waals surface area contributed by atoms with Crippen LogP contribution < -0.4 is 5.73 Å². The Morgan fingerprint density at radius 3 is 2.68 bits per heavy atom. The molecule has 1 amide bonds. The second-order valence-corrected chi connectivity index (χ2v) is 8.50. The van der Waals surface area contributed by atoms with Gasteiger partial charge in [-0.25, -0.2) is 14.8 Å². The van der Waals surface area contributed by atoms with E-state index in [0.29, 0.717) is 27.7 Å². The Kier molecular flexibility index (Phi) is 6.18. The van der Waals surface area contributed by atoms with Gasteiger partial charge in [-0.3, -0.25) is 4.98 Å². The minimum absolute atomic E-state index is 0.0612. The zero-order valence-corrected chi connectivity index (χ0v) is 18.1. The minimum atomic E-state index is -1.40. The summed E-state index contributed by atoms with van der Waals surface area (Å²) in [5.41, 5.74) is 8.68. The molecule has 0 saturated heterocycles. The van der Waals surface area contributed by atoms with Gasteiger partial charge in [0.25, 0.3) is 0 Å². The summed E-state index contributed by atoms with van der Waals surface area (Å²) in [6.45, 7) is 3.15. The second-order valence-electron chi connectivity index (χ2n) is 8.06. The topological polar surface area (TPSA) is 119 Å². The average molecular weight is 441 g/mol. The van der Waals surface area contributed by atoms with Crippen molar-refractivity contribution in [3.63, 3.8) is 0 Å². The molecule has 0 atom stereocenters. The third kappa shape index (κ3) is 4.69. The van der Waals surface area contributed by atoms with Gasteiger partial charge in [-0.1, -0.05) is 37.8 Å². The first-order valence-corrected chi connectivity index (χ1v) is 10.9. The maximum Gasteiger partial charge on any atom is 0.433 e. The van der Waals surface area contributed by atoms with E-state index in [2.05, 4.69) is 31.4 Å². The second kappa shape index (κ2) is 9.01. The zero-order chi connectivity index (χ0) is 22.0. The lowest BCUT2D eigenvalue weighted by molar-refractivity contribution is 0.205. The summed E-state index contributed by atoms with van der Waals surface area (Å²) in [4.78, 5) is 27.5. The van der Waals surface area contributed by atoms with Crippen molar-refractivity contribution in [3.8, 4) is 11.3 Å². The van der Waals surface area contributed by atoms with Gasteiger partial charge in [-0.15, -0.1) is 0 Å². The van der Waals surface area contributed by atoms with Crippen molar-refractivity contribution >= 4 is 34.6 Å². The van der Waals surface area contributed by atoms with E-state index >= 15 is 0 Å². The molecule has 0 aliphatic heterocycles. The van der Waals surface area contributed by atoms with E-state index < -0.39 is 6.09 Å². The van der Waals surface area contributed by atoms with Gasteiger partial charge in [-0.2, -0.15) is 4.99 Å². The fourth-order valence-electron chi connectivity index (χ4n) is 4.37. The number of hydrogen-bond acceptors (Lipinski definition) is 4. The van der Waals surface area contributed by atoms with E-state index in [9.17, 15) is 4.79 Å². The maximum atomic E-state index is 11.0. The van der Waals surface area contributed by atoms with E-state index in [0.717, 1.165) is 18.0 Å². The molecule has 1 fully saturated rings. The van der Waals surface area contributed by atoms with Crippen molar-refractivity contribution in [2.24, 2.45) is 22.6 Å². The third-order valence-corrected chi connectivity index (χ3v) is 6.24. The van der Waals surface area contributed by atoms with Crippen LogP contribution in [0, 0.1) is 11.8 Å². The molecule has 9 heteroatoms. The SMILES string of the molecule is CCC1CCC(Cn2ccc3nc(C(N)=NC(=O)O)nc(-c4cncc(Cl)c4)c32)CC1. The summed E-state index contributed by atoms with van der Waals surface area (Å²) in [6, 6.07) is 3.67. The summed E-state index contributed by atoms with van der Waals surface area (Å²) >= 11 is 6.17. The van der Waals surface area contributed by atoms with Crippen LogP contribution in [0.3, 0.4) is 0 Å². The fraction of sp³-hybridized carbons (Fsp3) is 0.409. The molecule has 8 nitrogen and oxygen atoms in total. The Hall–Kier alpha value is -3.00. The van der Waals surface area contributed by atoms with Crippen LogP contribution in [-0.4, -0.2) is 36.6 Å². The summed E-state index contributed by atoms with van der Waals surface area (Å²) in [6.07, 6.45) is 10.0. The quantitative estimate of drug-likeness (QED) is 0.436. The van der Waals surface area contributed by atoms with Gasteiger partial charge >= 0.3 is 6.09 Å². The third-order valence-electron chi connectivity index (χ3n) is 6.03. The van der Waals surface area contributed by atoms with E-state index in [1.165, 1.54) is 32.1 Å². The molecule has 0 radical (unpaired) electrons. The lowest BCUT2D eigenvalue weighted by atomic mass is 9.81. The molecule has 1 saturated carbocycles. The largest absolute Gasteiger partial charge is 0.463 e. The van der Waals surface area contributed by atoms with Crippen molar-refractivity contribution < 1.29 is 9.90 Å². The van der Waals surface area contributed by atoms with Gasteiger partial charge in [0.2, 0.25) is 0 Å². The van der Waals surface area contributed by atoms with Crippen LogP contribution in [0.2, 0.25) is 5.02 Å². The summed E-state index contributed by atoms with van der Waals surface area (Å²) < 4.78 is 2.18. The normalized spacial score (nSPS) is 19.6. The summed E-state index contributed by atoms with van der Waals surface area (Å²) in [7, 11) is 0. The highest BCUT2D eigenvalue weighted by Gasteiger charge is 2.22. The molecular formula is C22H25ClN6O2. The first-order valence-electron chi connectivity index (χ1n) is 10.5. The number of fused-ring (bicyclic) bond motifs is 1. The van der Waals surface area contributed by atoms with Crippen LogP contribution in [0.1, 0.15) is 44.9 Å². The van der Waals surface area contributed by atoms with Crippen molar-refractivity contribution in [3.05, 3.63) is 41.6 Å². The van der Waals surface area contributed by atoms with Gasteiger partial charge in [-0.05, 0) is 36.8 Å². The number of hydrogen-bond donors (Lipinski definition) is 2. The highest BCUT2D eigenvalue weighted by atomic mass is 35.5. The smallest absolute Gasteiger partial charge is 0.433 e. The van der Waals surface area contributed by atoms with Gasteiger partial charge in [0.15, 0.2) is 11.7 Å². The van der Waals surface area contributed by atoms with Crippen molar-refractivity contribution in [2.45, 2.75) is 45.6 Å². The maximum absolute atomic E-state index is 11.0. The van der Waals surface area contributed by atoms with Crippen molar-refractivity contribution in [1.29, 1.82) is 0 Å². The number of rotatable bonds is 5. The van der Waals surface area contributed by atoms with Crippen LogP contribution in [0.4, 0.5) is 4.79 Å². The van der Waals surface area contributed by atoms with E-state index in [1.807, 2.05) is 12.3 Å². The molecular weight excluding hydrogens is 416 g/mol. The highest BCUT2D eigenvalue weighted by molar-refractivity contribution is 6.30. The number of amides is 1. The molecule has 3 aromatic rings. The Labute approximate surface area is 185 Å². The average Bonchev–Trinajstić information content (AvgIpc) is 3.16. The standard InChI is InChI=1S/C22H25ClN6O2/c1-2-13-3-5-14(6-4-13)12-29-8-7-17-19(29)18(15-9-16(23)11-25-10-15)27-21(26-17)20(24)28-22(30)31/h7-11,13-14H,2-6,12H2,1H3,(H2,24,28)(H,30,31). The molecule has 1 aliphatic rings. The zero-order valence-electron chi connectivity index (χ0n) is 17.3. The van der Waals surface area contributed by atoms with Gasteiger partial charge in [0.1, 0.15) is 5.69 Å². The molecule has 0 aromatic carbocycles. The predicted octanol–water partition coefficient (Wildman–Crippen LogP) is 4.75. The molecule has 1 aliphatic carbocycles. The van der Waals surface area contributed by atoms with Gasteiger partial charge < -0.3 is 15.4 Å². The number of amidine groups is 1. The molecule has 0 unspecified atom stereocenters. The number of nitrogens with zero attached hydrogens (tertiary/aromatic N) is 5. The number of pyridine rings is 1. The Bertz CT molecular complexity index is 1130. The van der Waals surface area contributed by atoms with Crippen LogP contribution in [0.25, 0.3) is 22.3 Å². The Morgan fingerprint density at radius 2 is 2.00 bits per heavy atom. The van der Waals surface area contributed by atoms with E-state index in [-0.39, 0.29) is 11.7 Å². The first kappa shape index (κ1) is 21.2. The first-order chi connectivity index (χ1) is 14.9. The molecule has 31 heavy (non-hydrogen) atoms. The fourth-order valence-corrected chi connectivity index (χ4v) is 4.54. The number of carbonyl (C=O) groups is 1. The number of aromatic nitrogens is 4. The predicted molar refractivity (Wildman–Crippen MR) is 120 cm³/mol. The Morgan fingerprint density at radius 1 is 1.26 bits per heavy atom. The molecule has 162 valence electrons. The molecule has 3 aromatic heterocycles. The van der Waals surface area contributed by atoms with Crippen LogP contribution in [-0.2, 0) is 6.54 Å². The number of aliphatic imine (C=N–C) groups is 1. The van der Waals surface area contributed by atoms with Crippen molar-refractivity contribution in [1.82, 2.24) is 19.5 Å². The monoisotopic (exact) mass is 440 g/mol. The molecule has 3 N–H and O–H groups in total. The lowest BCUT2D eigenvalue weighted by Crippen LogP contribution is -2.20. The molecule has 3 heterocycles. The lowest BCUT2D eigenvalue weighted by Gasteiger charge is -2.28. The van der Waals surface area contributed by atoms with Crippen LogP contribution in [0.15, 0.2) is 35.7 Å². The minimum Gasteiger partial charge on any atom is -0.463 e. The summed E-state index contributed by atoms with van der Waals surface area (Å²) in [5, 5.41) is 9.43. The van der Waals surface area contributed by atoms with E-state index in [1.54, 1.807) is 18.5 Å². The molecule has 0 bridgehead atoms.